The maximum absolute atomic E-state index is 12.9. The van der Waals surface area contributed by atoms with E-state index in [0.29, 0.717) is 16.3 Å². The van der Waals surface area contributed by atoms with Crippen LogP contribution < -0.4 is 4.74 Å². The van der Waals surface area contributed by atoms with Gasteiger partial charge in [0.25, 0.3) is 0 Å². The number of esters is 1. The van der Waals surface area contributed by atoms with E-state index in [1.54, 1.807) is 11.8 Å². The highest BCUT2D eigenvalue weighted by Gasteiger charge is 2.35. The Morgan fingerprint density at radius 3 is 2.57 bits per heavy atom. The number of hydrogen-bond acceptors (Lipinski definition) is 6. The van der Waals surface area contributed by atoms with E-state index in [9.17, 15) is 18.0 Å². The molecule has 0 fully saturated rings. The molecular formula is C26H26F3NO3S2. The van der Waals surface area contributed by atoms with Gasteiger partial charge in [-0.15, -0.1) is 23.1 Å². The Balaban J connectivity index is 1.49. The van der Waals surface area contributed by atoms with Crippen LogP contribution in [0.1, 0.15) is 47.0 Å². The predicted octanol–water partition coefficient (Wildman–Crippen LogP) is 7.38. The van der Waals surface area contributed by atoms with Crippen molar-refractivity contribution >= 4 is 29.1 Å². The van der Waals surface area contributed by atoms with Crippen LogP contribution in [0.4, 0.5) is 13.2 Å². The molecule has 35 heavy (non-hydrogen) atoms. The molecule has 1 aliphatic rings. The predicted molar refractivity (Wildman–Crippen MR) is 132 cm³/mol. The molecule has 1 atom stereocenters. The number of nitrogens with zero attached hydrogens (tertiary/aromatic N) is 1. The van der Waals surface area contributed by atoms with Crippen LogP contribution in [-0.2, 0) is 27.9 Å². The molecular weight excluding hydrogens is 495 g/mol. The fourth-order valence-corrected chi connectivity index (χ4v) is 6.30. The zero-order valence-electron chi connectivity index (χ0n) is 19.9. The first kappa shape index (κ1) is 25.6. The van der Waals surface area contributed by atoms with Crippen molar-refractivity contribution in [3.05, 3.63) is 63.7 Å². The first-order chi connectivity index (χ1) is 16.5. The molecule has 0 bridgehead atoms. The third-order valence-electron chi connectivity index (χ3n) is 6.17. The summed E-state index contributed by atoms with van der Waals surface area (Å²) in [6.45, 7) is 5.88. The second kappa shape index (κ2) is 9.85. The number of thiazole rings is 1. The molecule has 0 saturated carbocycles. The minimum absolute atomic E-state index is 0.201. The van der Waals surface area contributed by atoms with E-state index in [-0.39, 0.29) is 12.4 Å². The number of ether oxygens (including phenoxy) is 2. The molecule has 0 amide bonds. The van der Waals surface area contributed by atoms with Gasteiger partial charge in [0.05, 0.1) is 24.8 Å². The molecule has 0 radical (unpaired) electrons. The van der Waals surface area contributed by atoms with Gasteiger partial charge in [0.15, 0.2) is 0 Å². The Bertz CT molecular complexity index is 1240. The van der Waals surface area contributed by atoms with E-state index < -0.39 is 17.3 Å². The summed E-state index contributed by atoms with van der Waals surface area (Å²) in [5, 5.41) is 0.705. The third-order valence-corrected chi connectivity index (χ3v) is 8.74. The lowest BCUT2D eigenvalue weighted by atomic mass is 9.89. The lowest BCUT2D eigenvalue weighted by Crippen LogP contribution is -2.39. The number of carbonyl (C=O) groups is 1. The van der Waals surface area contributed by atoms with Crippen LogP contribution in [-0.4, -0.2) is 23.7 Å². The normalized spacial score (nSPS) is 17.6. The van der Waals surface area contributed by atoms with Gasteiger partial charge in [-0.05, 0) is 57.4 Å². The number of hydrogen-bond donors (Lipinski definition) is 0. The number of aromatic nitrogens is 1. The van der Waals surface area contributed by atoms with Crippen LogP contribution in [0.5, 0.6) is 5.75 Å². The molecule has 4 rings (SSSR count). The van der Waals surface area contributed by atoms with Gasteiger partial charge in [0, 0.05) is 26.7 Å². The summed E-state index contributed by atoms with van der Waals surface area (Å²) in [6.07, 6.45) is -2.58. The Labute approximate surface area is 210 Å². The van der Waals surface area contributed by atoms with E-state index in [1.807, 2.05) is 20.8 Å². The summed E-state index contributed by atoms with van der Waals surface area (Å²) in [5.74, 6) is 1.23. The molecule has 9 heteroatoms. The molecule has 1 unspecified atom stereocenters. The van der Waals surface area contributed by atoms with Gasteiger partial charge >= 0.3 is 12.1 Å². The molecule has 1 aliphatic heterocycles. The SMILES string of the molecule is COC(=O)CC1(C)CCc2ccc(SCc3sc(-c4ccc(C(F)(F)F)cc4)nc3C)c(C)c2O1. The van der Waals surface area contributed by atoms with E-state index in [4.69, 9.17) is 9.47 Å². The summed E-state index contributed by atoms with van der Waals surface area (Å²) < 4.78 is 49.7. The Morgan fingerprint density at radius 1 is 1.20 bits per heavy atom. The lowest BCUT2D eigenvalue weighted by Gasteiger charge is -2.36. The maximum Gasteiger partial charge on any atom is 0.416 e. The van der Waals surface area contributed by atoms with Crippen LogP contribution in [0.3, 0.4) is 0 Å². The molecule has 0 spiro atoms. The molecule has 0 aliphatic carbocycles. The summed E-state index contributed by atoms with van der Waals surface area (Å²) in [6, 6.07) is 9.28. The van der Waals surface area contributed by atoms with Gasteiger partial charge in [-0.3, -0.25) is 4.79 Å². The van der Waals surface area contributed by atoms with Crippen LogP contribution >= 0.6 is 23.1 Å². The highest BCUT2D eigenvalue weighted by Crippen LogP contribution is 2.42. The molecule has 3 aromatic rings. The third kappa shape index (κ3) is 5.67. The largest absolute Gasteiger partial charge is 0.486 e. The number of methoxy groups -OCH3 is 1. The monoisotopic (exact) mass is 521 g/mol. The minimum atomic E-state index is -4.35. The van der Waals surface area contributed by atoms with Gasteiger partial charge < -0.3 is 9.47 Å². The summed E-state index contributed by atoms with van der Waals surface area (Å²) >= 11 is 3.16. The fraction of sp³-hybridized carbons (Fsp3) is 0.385. The van der Waals surface area contributed by atoms with Crippen molar-refractivity contribution in [3.8, 4) is 16.3 Å². The zero-order valence-corrected chi connectivity index (χ0v) is 21.5. The molecule has 2 aromatic carbocycles. The van der Waals surface area contributed by atoms with Crippen molar-refractivity contribution < 1.29 is 27.4 Å². The summed E-state index contributed by atoms with van der Waals surface area (Å²) in [7, 11) is 1.38. The second-order valence-electron chi connectivity index (χ2n) is 8.87. The molecule has 2 heterocycles. The number of halogens is 3. The molecule has 4 nitrogen and oxygen atoms in total. The van der Waals surface area contributed by atoms with Gasteiger partial charge in [-0.2, -0.15) is 13.2 Å². The van der Waals surface area contributed by atoms with Crippen molar-refractivity contribution in [3.63, 3.8) is 0 Å². The average molecular weight is 522 g/mol. The highest BCUT2D eigenvalue weighted by molar-refractivity contribution is 7.98. The molecule has 0 N–H and O–H groups in total. The van der Waals surface area contributed by atoms with Crippen LogP contribution in [0.25, 0.3) is 10.6 Å². The van der Waals surface area contributed by atoms with Crippen molar-refractivity contribution in [2.45, 2.75) is 62.5 Å². The smallest absolute Gasteiger partial charge is 0.416 e. The van der Waals surface area contributed by atoms with Gasteiger partial charge in [-0.1, -0.05) is 18.2 Å². The van der Waals surface area contributed by atoms with Crippen molar-refractivity contribution in [2.75, 3.05) is 7.11 Å². The van der Waals surface area contributed by atoms with Crippen LogP contribution in [0.2, 0.25) is 0 Å². The first-order valence-electron chi connectivity index (χ1n) is 11.1. The number of rotatable bonds is 6. The van der Waals surface area contributed by atoms with Gasteiger partial charge in [0.2, 0.25) is 0 Å². The number of aryl methyl sites for hydroxylation is 2. The molecule has 186 valence electrons. The van der Waals surface area contributed by atoms with Crippen LogP contribution in [0.15, 0.2) is 41.3 Å². The van der Waals surface area contributed by atoms with Gasteiger partial charge in [-0.25, -0.2) is 4.98 Å². The standard InChI is InChI=1S/C26H26F3NO3S2/c1-15-20(10-7-17-11-12-25(3,33-23(15)17)13-22(31)32-4)34-14-21-16(2)30-24(35-21)18-5-8-19(9-6-18)26(27,28)29/h5-10H,11-14H2,1-4H3. The first-order valence-corrected chi connectivity index (χ1v) is 12.9. The van der Waals surface area contributed by atoms with Crippen LogP contribution in [0, 0.1) is 13.8 Å². The number of benzene rings is 2. The van der Waals surface area contributed by atoms with Crippen molar-refractivity contribution in [1.29, 1.82) is 0 Å². The number of fused-ring (bicyclic) bond motifs is 1. The number of alkyl halides is 3. The Morgan fingerprint density at radius 2 is 1.91 bits per heavy atom. The summed E-state index contributed by atoms with van der Waals surface area (Å²) in [5.41, 5.74) is 2.44. The summed E-state index contributed by atoms with van der Waals surface area (Å²) in [4.78, 5) is 18.6. The maximum atomic E-state index is 12.9. The van der Waals surface area contributed by atoms with E-state index in [2.05, 4.69) is 17.1 Å². The zero-order chi connectivity index (χ0) is 25.4. The molecule has 0 saturated heterocycles. The van der Waals surface area contributed by atoms with E-state index in [0.717, 1.165) is 57.3 Å². The average Bonchev–Trinajstić information content (AvgIpc) is 3.19. The van der Waals surface area contributed by atoms with Gasteiger partial charge in [0.1, 0.15) is 16.4 Å². The van der Waals surface area contributed by atoms with E-state index >= 15 is 0 Å². The minimum Gasteiger partial charge on any atom is -0.486 e. The van der Waals surface area contributed by atoms with Crippen molar-refractivity contribution in [2.24, 2.45) is 0 Å². The number of carbonyl (C=O) groups excluding carboxylic acids is 1. The molecule has 1 aromatic heterocycles. The Kier molecular flexibility index (Phi) is 7.20. The number of thioether (sulfide) groups is 1. The fourth-order valence-electron chi connectivity index (χ4n) is 4.05. The second-order valence-corrected chi connectivity index (χ2v) is 11.0. The topological polar surface area (TPSA) is 48.4 Å². The highest BCUT2D eigenvalue weighted by atomic mass is 32.2. The van der Waals surface area contributed by atoms with Crippen molar-refractivity contribution in [1.82, 2.24) is 4.98 Å². The quantitative estimate of drug-likeness (QED) is 0.250. The van der Waals surface area contributed by atoms with E-state index in [1.165, 1.54) is 30.6 Å². The lowest BCUT2D eigenvalue weighted by molar-refractivity contribution is -0.145. The Hall–Kier alpha value is -2.52.